The first-order chi connectivity index (χ1) is 13.2. The van der Waals surface area contributed by atoms with Crippen molar-refractivity contribution >= 4 is 25.8 Å². The second kappa shape index (κ2) is 7.00. The van der Waals surface area contributed by atoms with Crippen LogP contribution in [-0.2, 0) is 14.8 Å². The van der Waals surface area contributed by atoms with Crippen molar-refractivity contribution < 1.29 is 14.6 Å². The number of nitrogen functional groups attached to an aromatic ring is 1. The molecule has 0 aliphatic carbocycles. The number of imidazole rings is 1. The Bertz CT molecular complexity index is 888. The molecule has 8 nitrogen and oxygen atoms in total. The van der Waals surface area contributed by atoms with Gasteiger partial charge in [-0.3, -0.25) is 4.57 Å². The summed E-state index contributed by atoms with van der Waals surface area (Å²) < 4.78 is 14.7. The van der Waals surface area contributed by atoms with Crippen LogP contribution in [0.3, 0.4) is 0 Å². The van der Waals surface area contributed by atoms with Crippen molar-refractivity contribution in [2.75, 3.05) is 12.3 Å². The van der Waals surface area contributed by atoms with E-state index in [-0.39, 0.29) is 5.60 Å². The second-order valence-corrected chi connectivity index (χ2v) is 13.0. The molecule has 161 valence electrons. The molecule has 0 bridgehead atoms. The standard InChI is InChI=1S/C20H34N5O3Si/c1-17(2,3)19(26)10-20(29(7)8,28-13(19)9-27-18(4,5)6)25-12-24-14-15(21)22-11-23-16(14)25/h11-13,26H,9-10H2,1-8H3,(H2,21,22,23)/t13-,19+,20+/m1/s1. The van der Waals surface area contributed by atoms with Crippen molar-refractivity contribution in [3.8, 4) is 0 Å². The molecule has 0 unspecified atom stereocenters. The van der Waals surface area contributed by atoms with Gasteiger partial charge in [0.1, 0.15) is 37.7 Å². The van der Waals surface area contributed by atoms with E-state index in [9.17, 15) is 5.11 Å². The van der Waals surface area contributed by atoms with Crippen molar-refractivity contribution in [1.82, 2.24) is 19.5 Å². The van der Waals surface area contributed by atoms with E-state index in [1.54, 1.807) is 6.33 Å². The Balaban J connectivity index is 2.13. The zero-order chi connectivity index (χ0) is 21.8. The average Bonchev–Trinajstić information content (AvgIpc) is 3.13. The lowest BCUT2D eigenvalue weighted by Crippen LogP contribution is -2.52. The molecular weight excluding hydrogens is 386 g/mol. The molecule has 1 fully saturated rings. The Morgan fingerprint density at radius 1 is 1.24 bits per heavy atom. The lowest BCUT2D eigenvalue weighted by atomic mass is 9.72. The van der Waals surface area contributed by atoms with Gasteiger partial charge in [-0.1, -0.05) is 33.9 Å². The summed E-state index contributed by atoms with van der Waals surface area (Å²) in [5.41, 5.74) is 5.34. The normalized spacial score (nSPS) is 28.6. The molecule has 2 aromatic rings. The van der Waals surface area contributed by atoms with Crippen molar-refractivity contribution in [3.63, 3.8) is 0 Å². The molecule has 1 aliphatic rings. The second-order valence-electron chi connectivity index (χ2n) is 10.2. The fraction of sp³-hybridized carbons (Fsp3) is 0.750. The molecule has 0 saturated carbocycles. The predicted octanol–water partition coefficient (Wildman–Crippen LogP) is 2.74. The SMILES string of the molecule is C[Si](C)[C@]1(n2cnc3c(N)ncnc32)C[C@@](O)(C(C)(C)C)[C@@H](COC(C)(C)C)O1. The van der Waals surface area contributed by atoms with Crippen LogP contribution < -0.4 is 5.73 Å². The first-order valence-corrected chi connectivity index (χ1v) is 12.5. The van der Waals surface area contributed by atoms with Crippen molar-refractivity contribution in [2.24, 2.45) is 5.41 Å². The number of fused-ring (bicyclic) bond motifs is 1. The maximum atomic E-state index is 11.9. The quantitative estimate of drug-likeness (QED) is 0.732. The zero-order valence-corrected chi connectivity index (χ0v) is 19.8. The molecular formula is C20H34N5O3Si. The Kier molecular flexibility index (Phi) is 5.35. The number of nitrogens with zero attached hydrogens (tertiary/aromatic N) is 4. The summed E-state index contributed by atoms with van der Waals surface area (Å²) in [4.78, 5) is 12.9. The number of ether oxygens (including phenoxy) is 2. The number of hydrogen-bond donors (Lipinski definition) is 2. The molecule has 0 aromatic carbocycles. The lowest BCUT2D eigenvalue weighted by molar-refractivity contribution is -0.159. The monoisotopic (exact) mass is 420 g/mol. The summed E-state index contributed by atoms with van der Waals surface area (Å²) in [6.07, 6.45) is 3.09. The molecule has 3 rings (SSSR count). The minimum atomic E-state index is -1.13. The van der Waals surface area contributed by atoms with Crippen LogP contribution in [0.15, 0.2) is 12.7 Å². The van der Waals surface area contributed by atoms with Gasteiger partial charge in [0, 0.05) is 6.42 Å². The van der Waals surface area contributed by atoms with E-state index >= 15 is 0 Å². The molecule has 1 saturated heterocycles. The van der Waals surface area contributed by atoms with Crippen LogP contribution in [0.5, 0.6) is 0 Å². The van der Waals surface area contributed by atoms with Crippen molar-refractivity contribution in [3.05, 3.63) is 12.7 Å². The van der Waals surface area contributed by atoms with Gasteiger partial charge in [0.25, 0.3) is 0 Å². The van der Waals surface area contributed by atoms with Crippen LogP contribution >= 0.6 is 0 Å². The summed E-state index contributed by atoms with van der Waals surface area (Å²) in [6, 6.07) is 0. The Labute approximate surface area is 174 Å². The molecule has 0 amide bonds. The molecule has 3 atom stereocenters. The van der Waals surface area contributed by atoms with Crippen LogP contribution in [0.2, 0.25) is 13.1 Å². The summed E-state index contributed by atoms with van der Waals surface area (Å²) in [7, 11) is -1.13. The topological polar surface area (TPSA) is 108 Å². The van der Waals surface area contributed by atoms with Gasteiger partial charge in [-0.2, -0.15) is 0 Å². The maximum Gasteiger partial charge on any atom is 0.167 e. The smallest absolute Gasteiger partial charge is 0.167 e. The van der Waals surface area contributed by atoms with Gasteiger partial charge < -0.3 is 20.3 Å². The Hall–Kier alpha value is -1.55. The molecule has 3 N–H and O–H groups in total. The van der Waals surface area contributed by atoms with Crippen LogP contribution in [0.25, 0.3) is 11.2 Å². The largest absolute Gasteiger partial charge is 0.386 e. The highest BCUT2D eigenvalue weighted by Crippen LogP contribution is 2.51. The van der Waals surface area contributed by atoms with Gasteiger partial charge in [-0.05, 0) is 26.2 Å². The Morgan fingerprint density at radius 2 is 1.90 bits per heavy atom. The van der Waals surface area contributed by atoms with Crippen molar-refractivity contribution in [2.45, 2.75) is 83.7 Å². The molecule has 0 spiro atoms. The van der Waals surface area contributed by atoms with E-state index in [0.717, 1.165) is 0 Å². The van der Waals surface area contributed by atoms with Crippen LogP contribution in [0, 0.1) is 5.41 Å². The molecule has 1 radical (unpaired) electrons. The first-order valence-electron chi connectivity index (χ1n) is 10.00. The van der Waals surface area contributed by atoms with E-state index in [2.05, 4.69) is 28.0 Å². The summed E-state index contributed by atoms with van der Waals surface area (Å²) in [5, 5.41) is 11.2. The molecule has 1 aliphatic heterocycles. The molecule has 2 aromatic heterocycles. The van der Waals surface area contributed by atoms with E-state index in [4.69, 9.17) is 15.2 Å². The third-order valence-electron chi connectivity index (χ3n) is 5.88. The highest BCUT2D eigenvalue weighted by molar-refractivity contribution is 6.58. The first kappa shape index (κ1) is 22.1. The fourth-order valence-corrected chi connectivity index (χ4v) is 5.54. The fourth-order valence-electron chi connectivity index (χ4n) is 3.89. The summed E-state index contributed by atoms with van der Waals surface area (Å²) in [6.45, 7) is 16.8. The summed E-state index contributed by atoms with van der Waals surface area (Å²) >= 11 is 0. The molecule has 9 heteroatoms. The molecule has 3 heterocycles. The molecule has 29 heavy (non-hydrogen) atoms. The van der Waals surface area contributed by atoms with Gasteiger partial charge in [0.15, 0.2) is 11.5 Å². The number of aliphatic hydroxyl groups is 1. The number of anilines is 1. The minimum absolute atomic E-state index is 0.303. The van der Waals surface area contributed by atoms with E-state index in [0.29, 0.717) is 30.0 Å². The van der Waals surface area contributed by atoms with Crippen molar-refractivity contribution in [1.29, 1.82) is 0 Å². The predicted molar refractivity (Wildman–Crippen MR) is 115 cm³/mol. The van der Waals surface area contributed by atoms with Crippen LogP contribution in [-0.4, -0.2) is 57.3 Å². The summed E-state index contributed by atoms with van der Waals surface area (Å²) in [5.74, 6) is 0.335. The van der Waals surface area contributed by atoms with Gasteiger partial charge in [0.2, 0.25) is 0 Å². The number of aromatic nitrogens is 4. The highest BCUT2D eigenvalue weighted by atomic mass is 28.3. The van der Waals surface area contributed by atoms with Gasteiger partial charge in [-0.15, -0.1) is 0 Å². The third kappa shape index (κ3) is 3.69. The third-order valence-corrected chi connectivity index (χ3v) is 7.98. The average molecular weight is 421 g/mol. The number of nitrogens with two attached hydrogens (primary N) is 1. The Morgan fingerprint density at radius 3 is 2.45 bits per heavy atom. The van der Waals surface area contributed by atoms with E-state index in [1.165, 1.54) is 6.33 Å². The maximum absolute atomic E-state index is 11.9. The highest BCUT2D eigenvalue weighted by Gasteiger charge is 2.62. The minimum Gasteiger partial charge on any atom is -0.386 e. The lowest BCUT2D eigenvalue weighted by Gasteiger charge is -2.41. The van der Waals surface area contributed by atoms with Gasteiger partial charge in [-0.25, -0.2) is 15.0 Å². The number of rotatable bonds is 4. The van der Waals surface area contributed by atoms with Gasteiger partial charge >= 0.3 is 0 Å². The van der Waals surface area contributed by atoms with Gasteiger partial charge in [0.05, 0.1) is 18.5 Å². The number of hydrogen-bond acceptors (Lipinski definition) is 7. The van der Waals surface area contributed by atoms with E-state index in [1.807, 2.05) is 46.1 Å². The zero-order valence-electron chi connectivity index (χ0n) is 18.8. The van der Waals surface area contributed by atoms with Crippen LogP contribution in [0.1, 0.15) is 48.0 Å². The van der Waals surface area contributed by atoms with Crippen LogP contribution in [0.4, 0.5) is 5.82 Å². The van der Waals surface area contributed by atoms with E-state index < -0.39 is 31.3 Å².